The molecule has 1 aliphatic rings. The summed E-state index contributed by atoms with van der Waals surface area (Å²) in [7, 11) is 0. The summed E-state index contributed by atoms with van der Waals surface area (Å²) in [5.74, 6) is -0.353. The second-order valence-electron chi connectivity index (χ2n) is 4.63. The van der Waals surface area contributed by atoms with Crippen LogP contribution in [-0.2, 0) is 9.47 Å². The Labute approximate surface area is 88.0 Å². The van der Waals surface area contributed by atoms with Crippen LogP contribution in [0.5, 0.6) is 0 Å². The molecule has 1 heterocycles. The van der Waals surface area contributed by atoms with Gasteiger partial charge in [-0.05, 0) is 26.7 Å². The lowest BCUT2D eigenvalue weighted by Crippen LogP contribution is -2.39. The molecule has 1 rings (SSSR count). The highest BCUT2D eigenvalue weighted by Gasteiger charge is 2.28. The fourth-order valence-corrected chi connectivity index (χ4v) is 1.93. The first-order valence-corrected chi connectivity index (χ1v) is 5.96. The van der Waals surface area contributed by atoms with Crippen LogP contribution in [0.4, 0.5) is 0 Å². The number of ether oxygens (including phenoxy) is 2. The zero-order valence-corrected chi connectivity index (χ0v) is 9.84. The minimum Gasteiger partial charge on any atom is -0.350 e. The predicted octanol–water partition coefficient (Wildman–Crippen LogP) is 3.50. The van der Waals surface area contributed by atoms with Crippen molar-refractivity contribution in [2.75, 3.05) is 6.61 Å². The van der Waals surface area contributed by atoms with Crippen molar-refractivity contribution in [3.63, 3.8) is 0 Å². The van der Waals surface area contributed by atoms with E-state index in [9.17, 15) is 0 Å². The Kier molecular flexibility index (Phi) is 4.90. The molecule has 0 spiro atoms. The van der Waals surface area contributed by atoms with Crippen molar-refractivity contribution in [3.05, 3.63) is 0 Å². The normalized spacial score (nSPS) is 26.4. The first-order chi connectivity index (χ1) is 6.64. The molecule has 0 saturated carbocycles. The van der Waals surface area contributed by atoms with Crippen LogP contribution >= 0.6 is 0 Å². The molecule has 0 unspecified atom stereocenters. The van der Waals surface area contributed by atoms with Gasteiger partial charge in [0.25, 0.3) is 0 Å². The fourth-order valence-electron chi connectivity index (χ4n) is 1.93. The molecule has 0 aromatic carbocycles. The maximum absolute atomic E-state index is 5.83. The molecule has 1 saturated heterocycles. The number of unbranched alkanes of at least 4 members (excludes halogenated alkanes) is 3. The van der Waals surface area contributed by atoms with E-state index in [1.807, 2.05) is 13.8 Å². The SMILES string of the molecule is CCCCCC[C@@H]1CCOC(C)(C)O1. The minimum atomic E-state index is -0.353. The molecule has 2 heteroatoms. The summed E-state index contributed by atoms with van der Waals surface area (Å²) in [4.78, 5) is 0. The van der Waals surface area contributed by atoms with Gasteiger partial charge in [-0.1, -0.05) is 32.6 Å². The van der Waals surface area contributed by atoms with Crippen LogP contribution < -0.4 is 0 Å². The van der Waals surface area contributed by atoms with Crippen molar-refractivity contribution in [2.45, 2.75) is 71.2 Å². The summed E-state index contributed by atoms with van der Waals surface area (Å²) in [6, 6.07) is 0. The van der Waals surface area contributed by atoms with Gasteiger partial charge in [-0.15, -0.1) is 0 Å². The lowest BCUT2D eigenvalue weighted by molar-refractivity contribution is -0.274. The van der Waals surface area contributed by atoms with Crippen molar-refractivity contribution in [1.82, 2.24) is 0 Å². The summed E-state index contributed by atoms with van der Waals surface area (Å²) in [6.07, 6.45) is 8.00. The first kappa shape index (κ1) is 12.0. The Morgan fingerprint density at radius 2 is 2.00 bits per heavy atom. The fraction of sp³-hybridized carbons (Fsp3) is 1.00. The zero-order chi connectivity index (χ0) is 10.4. The van der Waals surface area contributed by atoms with E-state index in [1.54, 1.807) is 0 Å². The molecule has 0 bridgehead atoms. The summed E-state index contributed by atoms with van der Waals surface area (Å²) in [5.41, 5.74) is 0. The summed E-state index contributed by atoms with van der Waals surface area (Å²) >= 11 is 0. The Bertz CT molecular complexity index is 154. The number of hydrogen-bond acceptors (Lipinski definition) is 2. The summed E-state index contributed by atoms with van der Waals surface area (Å²) in [5, 5.41) is 0. The van der Waals surface area contributed by atoms with Crippen LogP contribution in [0, 0.1) is 0 Å². The average Bonchev–Trinajstić information content (AvgIpc) is 2.11. The van der Waals surface area contributed by atoms with Gasteiger partial charge in [0, 0.05) is 0 Å². The van der Waals surface area contributed by atoms with E-state index < -0.39 is 0 Å². The Balaban J connectivity index is 2.12. The first-order valence-electron chi connectivity index (χ1n) is 5.96. The third-order valence-corrected chi connectivity index (χ3v) is 2.72. The van der Waals surface area contributed by atoms with E-state index in [-0.39, 0.29) is 5.79 Å². The van der Waals surface area contributed by atoms with Crippen LogP contribution in [0.1, 0.15) is 59.3 Å². The van der Waals surface area contributed by atoms with E-state index in [4.69, 9.17) is 9.47 Å². The van der Waals surface area contributed by atoms with Gasteiger partial charge < -0.3 is 9.47 Å². The van der Waals surface area contributed by atoms with Crippen LogP contribution in [0.15, 0.2) is 0 Å². The largest absolute Gasteiger partial charge is 0.350 e. The molecule has 0 aromatic heterocycles. The van der Waals surface area contributed by atoms with Gasteiger partial charge in [-0.2, -0.15) is 0 Å². The summed E-state index contributed by atoms with van der Waals surface area (Å²) in [6.45, 7) is 7.11. The van der Waals surface area contributed by atoms with Crippen LogP contribution in [0.25, 0.3) is 0 Å². The Hall–Kier alpha value is -0.0800. The maximum atomic E-state index is 5.83. The summed E-state index contributed by atoms with van der Waals surface area (Å²) < 4.78 is 11.3. The van der Waals surface area contributed by atoms with Gasteiger partial charge in [-0.25, -0.2) is 0 Å². The molecule has 1 fully saturated rings. The molecule has 1 aliphatic heterocycles. The lowest BCUT2D eigenvalue weighted by Gasteiger charge is -2.36. The lowest BCUT2D eigenvalue weighted by atomic mass is 10.1. The van der Waals surface area contributed by atoms with Crippen molar-refractivity contribution >= 4 is 0 Å². The minimum absolute atomic E-state index is 0.353. The number of hydrogen-bond donors (Lipinski definition) is 0. The molecule has 0 radical (unpaired) electrons. The van der Waals surface area contributed by atoms with Crippen molar-refractivity contribution in [3.8, 4) is 0 Å². The van der Waals surface area contributed by atoms with Gasteiger partial charge >= 0.3 is 0 Å². The molecule has 0 aromatic rings. The zero-order valence-electron chi connectivity index (χ0n) is 9.84. The molecule has 1 atom stereocenters. The topological polar surface area (TPSA) is 18.5 Å². The standard InChI is InChI=1S/C12H24O2/c1-4-5-6-7-8-11-9-10-13-12(2,3)14-11/h11H,4-10H2,1-3H3/t11-/m1/s1. The van der Waals surface area contributed by atoms with Crippen LogP contribution in [-0.4, -0.2) is 18.5 Å². The van der Waals surface area contributed by atoms with Crippen molar-refractivity contribution in [1.29, 1.82) is 0 Å². The number of rotatable bonds is 5. The van der Waals surface area contributed by atoms with Crippen LogP contribution in [0.2, 0.25) is 0 Å². The highest BCUT2D eigenvalue weighted by atomic mass is 16.7. The molecule has 2 nitrogen and oxygen atoms in total. The third kappa shape index (κ3) is 4.43. The van der Waals surface area contributed by atoms with Gasteiger partial charge in [0.15, 0.2) is 5.79 Å². The van der Waals surface area contributed by atoms with E-state index in [0.717, 1.165) is 13.0 Å². The molecular weight excluding hydrogens is 176 g/mol. The predicted molar refractivity (Wildman–Crippen MR) is 58.3 cm³/mol. The Morgan fingerprint density at radius 3 is 2.64 bits per heavy atom. The molecule has 0 amide bonds. The quantitative estimate of drug-likeness (QED) is 0.632. The second-order valence-corrected chi connectivity index (χ2v) is 4.63. The monoisotopic (exact) mass is 200 g/mol. The maximum Gasteiger partial charge on any atom is 0.163 e. The van der Waals surface area contributed by atoms with E-state index in [2.05, 4.69) is 6.92 Å². The van der Waals surface area contributed by atoms with Crippen molar-refractivity contribution in [2.24, 2.45) is 0 Å². The van der Waals surface area contributed by atoms with E-state index >= 15 is 0 Å². The van der Waals surface area contributed by atoms with Gasteiger partial charge in [0.1, 0.15) is 0 Å². The molecule has 84 valence electrons. The second kappa shape index (κ2) is 5.72. The van der Waals surface area contributed by atoms with Gasteiger partial charge in [0.2, 0.25) is 0 Å². The third-order valence-electron chi connectivity index (χ3n) is 2.72. The average molecular weight is 200 g/mol. The highest BCUT2D eigenvalue weighted by molar-refractivity contribution is 4.68. The molecule has 0 aliphatic carbocycles. The van der Waals surface area contributed by atoms with Gasteiger partial charge in [0.05, 0.1) is 12.7 Å². The molecule has 0 N–H and O–H groups in total. The highest BCUT2D eigenvalue weighted by Crippen LogP contribution is 2.25. The molecule has 14 heavy (non-hydrogen) atoms. The van der Waals surface area contributed by atoms with Crippen molar-refractivity contribution < 1.29 is 9.47 Å². The van der Waals surface area contributed by atoms with E-state index in [0.29, 0.717) is 6.10 Å². The molecular formula is C12H24O2. The van der Waals surface area contributed by atoms with Gasteiger partial charge in [-0.3, -0.25) is 0 Å². The van der Waals surface area contributed by atoms with Crippen LogP contribution in [0.3, 0.4) is 0 Å². The van der Waals surface area contributed by atoms with E-state index in [1.165, 1.54) is 32.1 Å². The smallest absolute Gasteiger partial charge is 0.163 e. The Morgan fingerprint density at radius 1 is 1.21 bits per heavy atom.